The largest absolute Gasteiger partial charge is 0.507 e. The van der Waals surface area contributed by atoms with Crippen molar-refractivity contribution < 1.29 is 18.3 Å². The molecule has 1 fully saturated rings. The molecular weight excluding hydrogens is 355 g/mol. The van der Waals surface area contributed by atoms with Gasteiger partial charge in [-0.05, 0) is 75.5 Å². The number of halogens is 3. The molecule has 0 amide bonds. The molecule has 0 spiro atoms. The van der Waals surface area contributed by atoms with Crippen molar-refractivity contribution in [2.75, 3.05) is 13.1 Å². The summed E-state index contributed by atoms with van der Waals surface area (Å²) in [6, 6.07) is 5.88. The maximum atomic E-state index is 12.9. The molecule has 2 aromatic rings. The van der Waals surface area contributed by atoms with Gasteiger partial charge in [-0.1, -0.05) is 6.92 Å². The van der Waals surface area contributed by atoms with E-state index in [0.29, 0.717) is 17.3 Å². The molecule has 0 saturated carbocycles. The highest BCUT2D eigenvalue weighted by Crippen LogP contribution is 2.38. The zero-order valence-electron chi connectivity index (χ0n) is 15.6. The van der Waals surface area contributed by atoms with Crippen LogP contribution in [0.5, 0.6) is 5.75 Å². The van der Waals surface area contributed by atoms with Crippen LogP contribution in [0.1, 0.15) is 43.0 Å². The van der Waals surface area contributed by atoms with Crippen LogP contribution in [0.25, 0.3) is 11.3 Å². The molecule has 7 heteroatoms. The molecule has 1 aromatic carbocycles. The first-order valence-corrected chi connectivity index (χ1v) is 9.27. The number of aromatic nitrogens is 2. The quantitative estimate of drug-likeness (QED) is 0.825. The molecule has 4 nitrogen and oxygen atoms in total. The van der Waals surface area contributed by atoms with Crippen molar-refractivity contribution in [3.8, 4) is 17.0 Å². The van der Waals surface area contributed by atoms with Crippen molar-refractivity contribution in [1.29, 1.82) is 0 Å². The second-order valence-corrected chi connectivity index (χ2v) is 7.06. The molecule has 0 radical (unpaired) electrons. The highest BCUT2D eigenvalue weighted by Gasteiger charge is 2.32. The Hall–Kier alpha value is -2.15. The average molecular weight is 379 g/mol. The summed E-state index contributed by atoms with van der Waals surface area (Å²) in [6.45, 7) is 5.91. The van der Waals surface area contributed by atoms with E-state index < -0.39 is 17.5 Å². The number of benzene rings is 1. The van der Waals surface area contributed by atoms with E-state index in [9.17, 15) is 18.3 Å². The van der Waals surface area contributed by atoms with Crippen molar-refractivity contribution in [3.05, 3.63) is 41.1 Å². The number of hydrogen-bond acceptors (Lipinski definition) is 4. The number of aryl methyl sites for hydroxylation is 2. The Morgan fingerprint density at radius 3 is 2.59 bits per heavy atom. The molecular formula is C20H24F3N3O. The summed E-state index contributed by atoms with van der Waals surface area (Å²) < 4.78 is 38.6. The number of hydrogen-bond donors (Lipinski definition) is 1. The lowest BCUT2D eigenvalue weighted by molar-refractivity contribution is -0.137. The fraction of sp³-hybridized carbons (Fsp3) is 0.500. The van der Waals surface area contributed by atoms with Gasteiger partial charge in [0.05, 0.1) is 17.0 Å². The summed E-state index contributed by atoms with van der Waals surface area (Å²) in [7, 11) is 0. The normalized spacial score (nSPS) is 18.2. The highest BCUT2D eigenvalue weighted by molar-refractivity contribution is 5.71. The fourth-order valence-electron chi connectivity index (χ4n) is 3.84. The molecule has 2 heterocycles. The van der Waals surface area contributed by atoms with Crippen LogP contribution >= 0.6 is 0 Å². The van der Waals surface area contributed by atoms with E-state index in [4.69, 9.17) is 0 Å². The number of rotatable bonds is 5. The lowest BCUT2D eigenvalue weighted by Crippen LogP contribution is -2.29. The van der Waals surface area contributed by atoms with E-state index in [2.05, 4.69) is 22.0 Å². The summed E-state index contributed by atoms with van der Waals surface area (Å²) >= 11 is 0. The number of nitrogens with zero attached hydrogens (tertiary/aromatic N) is 3. The SMILES string of the molecule is CCN1CCC[C@H]1CCc1ccc(-c2c(C)cc(C(F)(F)F)cc2O)nn1. The summed E-state index contributed by atoms with van der Waals surface area (Å²) in [6.07, 6.45) is -0.227. The minimum atomic E-state index is -4.50. The number of phenols is 1. The van der Waals surface area contributed by atoms with Gasteiger partial charge in [-0.2, -0.15) is 23.4 Å². The Labute approximate surface area is 157 Å². The van der Waals surface area contributed by atoms with Crippen LogP contribution in [0, 0.1) is 6.92 Å². The standard InChI is InChI=1S/C20H24F3N3O/c1-3-26-10-4-5-16(26)8-6-15-7-9-17(25-24-15)19-13(2)11-14(12-18(19)27)20(21,22)23/h7,9,11-12,16,27H,3-6,8,10H2,1-2H3/t16-/m0/s1. The molecule has 1 aliphatic heterocycles. The summed E-state index contributed by atoms with van der Waals surface area (Å²) in [5, 5.41) is 18.4. The molecule has 1 N–H and O–H groups in total. The van der Waals surface area contributed by atoms with Crippen molar-refractivity contribution in [2.45, 2.75) is 51.7 Å². The molecule has 0 unspecified atom stereocenters. The zero-order chi connectivity index (χ0) is 19.6. The average Bonchev–Trinajstić information content (AvgIpc) is 3.07. The highest BCUT2D eigenvalue weighted by atomic mass is 19.4. The van der Waals surface area contributed by atoms with Crippen molar-refractivity contribution in [1.82, 2.24) is 15.1 Å². The third-order valence-electron chi connectivity index (χ3n) is 5.26. The van der Waals surface area contributed by atoms with E-state index in [1.165, 1.54) is 19.8 Å². The van der Waals surface area contributed by atoms with E-state index in [-0.39, 0.29) is 5.56 Å². The zero-order valence-corrected chi connectivity index (χ0v) is 15.6. The van der Waals surface area contributed by atoms with Gasteiger partial charge in [0.1, 0.15) is 5.75 Å². The number of alkyl halides is 3. The molecule has 1 aliphatic rings. The van der Waals surface area contributed by atoms with E-state index in [0.717, 1.165) is 43.8 Å². The summed E-state index contributed by atoms with van der Waals surface area (Å²) in [5.41, 5.74) is 0.955. The van der Waals surface area contributed by atoms with Gasteiger partial charge >= 0.3 is 6.18 Å². The first-order valence-electron chi connectivity index (χ1n) is 9.27. The molecule has 0 aliphatic carbocycles. The number of likely N-dealkylation sites (tertiary alicyclic amines) is 1. The van der Waals surface area contributed by atoms with Gasteiger partial charge in [-0.3, -0.25) is 0 Å². The topological polar surface area (TPSA) is 49.2 Å². The Balaban J connectivity index is 1.74. The molecule has 1 atom stereocenters. The van der Waals surface area contributed by atoms with Crippen molar-refractivity contribution in [2.24, 2.45) is 0 Å². The fourth-order valence-corrected chi connectivity index (χ4v) is 3.84. The molecule has 27 heavy (non-hydrogen) atoms. The van der Waals surface area contributed by atoms with E-state index >= 15 is 0 Å². The maximum absolute atomic E-state index is 12.9. The lowest BCUT2D eigenvalue weighted by Gasteiger charge is -2.22. The van der Waals surface area contributed by atoms with E-state index in [1.807, 2.05) is 6.07 Å². The predicted molar refractivity (Wildman–Crippen MR) is 97.5 cm³/mol. The Morgan fingerprint density at radius 1 is 1.22 bits per heavy atom. The van der Waals surface area contributed by atoms with E-state index in [1.54, 1.807) is 6.07 Å². The van der Waals surface area contributed by atoms with Crippen LogP contribution < -0.4 is 0 Å². The van der Waals surface area contributed by atoms with Crippen LogP contribution in [-0.2, 0) is 12.6 Å². The molecule has 1 saturated heterocycles. The van der Waals surface area contributed by atoms with Crippen LogP contribution in [0.15, 0.2) is 24.3 Å². The van der Waals surface area contributed by atoms with Gasteiger partial charge in [-0.25, -0.2) is 0 Å². The van der Waals surface area contributed by atoms with Crippen LogP contribution in [0.4, 0.5) is 13.2 Å². The first kappa shape index (κ1) is 19.6. The van der Waals surface area contributed by atoms with Gasteiger partial charge in [0.2, 0.25) is 0 Å². The van der Waals surface area contributed by atoms with Gasteiger partial charge in [0.15, 0.2) is 0 Å². The van der Waals surface area contributed by atoms with Gasteiger partial charge in [0.25, 0.3) is 0 Å². The first-order chi connectivity index (χ1) is 12.8. The Morgan fingerprint density at radius 2 is 2.00 bits per heavy atom. The van der Waals surface area contributed by atoms with Crippen LogP contribution in [0.2, 0.25) is 0 Å². The van der Waals surface area contributed by atoms with Crippen LogP contribution in [-0.4, -0.2) is 39.3 Å². The number of phenolic OH excluding ortho intramolecular Hbond substituents is 1. The minimum absolute atomic E-state index is 0.287. The monoisotopic (exact) mass is 379 g/mol. The predicted octanol–water partition coefficient (Wildman–Crippen LogP) is 4.59. The lowest BCUT2D eigenvalue weighted by atomic mass is 10.00. The second-order valence-electron chi connectivity index (χ2n) is 7.06. The Bertz CT molecular complexity index is 767. The number of aromatic hydroxyl groups is 1. The minimum Gasteiger partial charge on any atom is -0.507 e. The van der Waals surface area contributed by atoms with Crippen molar-refractivity contribution >= 4 is 0 Å². The molecule has 146 valence electrons. The molecule has 1 aromatic heterocycles. The van der Waals surface area contributed by atoms with Gasteiger partial charge < -0.3 is 10.0 Å². The summed E-state index contributed by atoms with van der Waals surface area (Å²) in [5.74, 6) is -0.436. The third kappa shape index (κ3) is 4.40. The molecule has 3 rings (SSSR count). The van der Waals surface area contributed by atoms with Crippen LogP contribution in [0.3, 0.4) is 0 Å². The van der Waals surface area contributed by atoms with Crippen molar-refractivity contribution in [3.63, 3.8) is 0 Å². The molecule has 0 bridgehead atoms. The second kappa shape index (κ2) is 7.84. The smallest absolute Gasteiger partial charge is 0.416 e. The van der Waals surface area contributed by atoms with Gasteiger partial charge in [0, 0.05) is 11.6 Å². The Kier molecular flexibility index (Phi) is 5.69. The summed E-state index contributed by atoms with van der Waals surface area (Å²) in [4.78, 5) is 2.48. The third-order valence-corrected chi connectivity index (χ3v) is 5.26. The van der Waals surface area contributed by atoms with Gasteiger partial charge in [-0.15, -0.1) is 0 Å². The maximum Gasteiger partial charge on any atom is 0.416 e.